The second-order valence-corrected chi connectivity index (χ2v) is 4.99. The predicted octanol–water partition coefficient (Wildman–Crippen LogP) is 1.38. The summed E-state index contributed by atoms with van der Waals surface area (Å²) in [7, 11) is 0. The van der Waals surface area contributed by atoms with Gasteiger partial charge in [0.1, 0.15) is 6.26 Å². The van der Waals surface area contributed by atoms with E-state index in [1.165, 1.54) is 12.3 Å². The third kappa shape index (κ3) is 3.37. The molecule has 1 aliphatic heterocycles. The smallest absolute Gasteiger partial charge is 0.315 e. The molecule has 118 valence electrons. The minimum absolute atomic E-state index is 0.0530. The molecule has 1 saturated heterocycles. The summed E-state index contributed by atoms with van der Waals surface area (Å²) in [5.74, 6) is -1.49. The number of rotatable bonds is 3. The summed E-state index contributed by atoms with van der Waals surface area (Å²) in [6, 6.07) is 8.22. The molecule has 2 aromatic rings. The number of anilines is 3. The summed E-state index contributed by atoms with van der Waals surface area (Å²) in [5, 5.41) is 8.27. The standard InChI is InChI=1S/C15H14N4O4/c20-13-5-2-7-19(13)11-4-1-3-10(9-11)16-14(21)15(22)17-12-6-8-23-18-12/h1,3-4,6,8-9H,2,5,7H2,(H,16,21)(H,17,18,22). The van der Waals surface area contributed by atoms with E-state index < -0.39 is 11.8 Å². The Morgan fingerprint density at radius 2 is 2.00 bits per heavy atom. The molecule has 2 heterocycles. The van der Waals surface area contributed by atoms with Crippen LogP contribution in [0.2, 0.25) is 0 Å². The van der Waals surface area contributed by atoms with Crippen molar-refractivity contribution < 1.29 is 18.9 Å². The van der Waals surface area contributed by atoms with Gasteiger partial charge in [-0.1, -0.05) is 11.2 Å². The fraction of sp³-hybridized carbons (Fsp3) is 0.200. The van der Waals surface area contributed by atoms with Crippen molar-refractivity contribution in [2.45, 2.75) is 12.8 Å². The summed E-state index contributed by atoms with van der Waals surface area (Å²) in [4.78, 5) is 37.0. The molecule has 0 aliphatic carbocycles. The summed E-state index contributed by atoms with van der Waals surface area (Å²) in [6.45, 7) is 0.656. The Morgan fingerprint density at radius 1 is 1.17 bits per heavy atom. The number of hydrogen-bond acceptors (Lipinski definition) is 5. The predicted molar refractivity (Wildman–Crippen MR) is 81.8 cm³/mol. The molecule has 3 rings (SSSR count). The quantitative estimate of drug-likeness (QED) is 0.833. The van der Waals surface area contributed by atoms with Crippen molar-refractivity contribution in [3.8, 4) is 0 Å². The summed E-state index contributed by atoms with van der Waals surface area (Å²) < 4.78 is 4.56. The van der Waals surface area contributed by atoms with E-state index in [1.54, 1.807) is 29.2 Å². The van der Waals surface area contributed by atoms with Gasteiger partial charge in [0.25, 0.3) is 0 Å². The second kappa shape index (κ2) is 6.30. The van der Waals surface area contributed by atoms with Crippen LogP contribution in [-0.2, 0) is 14.4 Å². The third-order valence-corrected chi connectivity index (χ3v) is 3.37. The van der Waals surface area contributed by atoms with Crippen molar-refractivity contribution >= 4 is 34.9 Å². The summed E-state index contributed by atoms with van der Waals surface area (Å²) in [5.41, 5.74) is 1.13. The highest BCUT2D eigenvalue weighted by molar-refractivity contribution is 6.43. The fourth-order valence-corrected chi connectivity index (χ4v) is 2.31. The van der Waals surface area contributed by atoms with Crippen LogP contribution in [0.4, 0.5) is 17.2 Å². The largest absolute Gasteiger partial charge is 0.363 e. The van der Waals surface area contributed by atoms with Gasteiger partial charge in [-0.15, -0.1) is 0 Å². The number of nitrogens with one attached hydrogen (secondary N) is 2. The fourth-order valence-electron chi connectivity index (χ4n) is 2.31. The van der Waals surface area contributed by atoms with Crippen LogP contribution in [0.5, 0.6) is 0 Å². The number of nitrogens with zero attached hydrogens (tertiary/aromatic N) is 2. The van der Waals surface area contributed by atoms with Crippen molar-refractivity contribution in [3.63, 3.8) is 0 Å². The molecule has 8 heteroatoms. The van der Waals surface area contributed by atoms with E-state index in [0.29, 0.717) is 24.3 Å². The van der Waals surface area contributed by atoms with Crippen molar-refractivity contribution in [2.24, 2.45) is 0 Å². The van der Waals surface area contributed by atoms with Crippen LogP contribution >= 0.6 is 0 Å². The van der Waals surface area contributed by atoms with E-state index in [-0.39, 0.29) is 11.7 Å². The molecule has 0 atom stereocenters. The zero-order valence-corrected chi connectivity index (χ0v) is 12.1. The maximum Gasteiger partial charge on any atom is 0.315 e. The normalized spacial score (nSPS) is 13.9. The van der Waals surface area contributed by atoms with Crippen LogP contribution < -0.4 is 15.5 Å². The molecular formula is C15H14N4O4. The Kier molecular flexibility index (Phi) is 4.05. The SMILES string of the molecule is O=C(Nc1cccc(N2CCCC2=O)c1)C(=O)Nc1ccon1. The number of carbonyl (C=O) groups excluding carboxylic acids is 3. The van der Waals surface area contributed by atoms with Gasteiger partial charge in [0.2, 0.25) is 5.91 Å². The van der Waals surface area contributed by atoms with Crippen LogP contribution in [0, 0.1) is 0 Å². The second-order valence-electron chi connectivity index (χ2n) is 4.99. The number of benzene rings is 1. The summed E-state index contributed by atoms with van der Waals surface area (Å²) >= 11 is 0. The van der Waals surface area contributed by atoms with Gasteiger partial charge in [-0.25, -0.2) is 0 Å². The number of amides is 3. The van der Waals surface area contributed by atoms with Gasteiger partial charge < -0.3 is 14.7 Å². The molecule has 8 nitrogen and oxygen atoms in total. The van der Waals surface area contributed by atoms with E-state index in [4.69, 9.17) is 0 Å². The van der Waals surface area contributed by atoms with Crippen molar-refractivity contribution in [1.29, 1.82) is 0 Å². The Hall–Kier alpha value is -3.16. The van der Waals surface area contributed by atoms with Gasteiger partial charge in [0, 0.05) is 30.4 Å². The minimum atomic E-state index is -0.860. The molecule has 0 saturated carbocycles. The lowest BCUT2D eigenvalue weighted by Gasteiger charge is -2.16. The van der Waals surface area contributed by atoms with Crippen molar-refractivity contribution in [1.82, 2.24) is 5.16 Å². The molecular weight excluding hydrogens is 300 g/mol. The van der Waals surface area contributed by atoms with Crippen LogP contribution in [0.1, 0.15) is 12.8 Å². The molecule has 0 spiro atoms. The Morgan fingerprint density at radius 3 is 2.70 bits per heavy atom. The molecule has 0 unspecified atom stereocenters. The molecule has 1 aromatic heterocycles. The zero-order valence-electron chi connectivity index (χ0n) is 12.1. The molecule has 1 fully saturated rings. The van der Waals surface area contributed by atoms with Crippen LogP contribution in [-0.4, -0.2) is 29.4 Å². The Bertz CT molecular complexity index is 742. The lowest BCUT2D eigenvalue weighted by Crippen LogP contribution is -2.29. The average molecular weight is 314 g/mol. The van der Waals surface area contributed by atoms with Gasteiger partial charge in [-0.05, 0) is 24.6 Å². The minimum Gasteiger partial charge on any atom is -0.363 e. The molecule has 1 aliphatic rings. The number of carbonyl (C=O) groups is 3. The Balaban J connectivity index is 1.66. The van der Waals surface area contributed by atoms with E-state index in [9.17, 15) is 14.4 Å². The van der Waals surface area contributed by atoms with E-state index in [2.05, 4.69) is 20.3 Å². The maximum atomic E-state index is 11.9. The van der Waals surface area contributed by atoms with E-state index in [1.807, 2.05) is 0 Å². The molecule has 2 N–H and O–H groups in total. The molecule has 3 amide bonds. The molecule has 1 aromatic carbocycles. The highest BCUT2D eigenvalue weighted by atomic mass is 16.5. The van der Waals surface area contributed by atoms with Gasteiger partial charge in [-0.3, -0.25) is 19.7 Å². The monoisotopic (exact) mass is 314 g/mol. The zero-order chi connectivity index (χ0) is 16.2. The topological polar surface area (TPSA) is 105 Å². The van der Waals surface area contributed by atoms with Gasteiger partial charge in [0.15, 0.2) is 5.82 Å². The van der Waals surface area contributed by atoms with Gasteiger partial charge >= 0.3 is 11.8 Å². The third-order valence-electron chi connectivity index (χ3n) is 3.37. The Labute approximate surface area is 131 Å². The molecule has 23 heavy (non-hydrogen) atoms. The van der Waals surface area contributed by atoms with Crippen LogP contribution in [0.15, 0.2) is 41.1 Å². The summed E-state index contributed by atoms with van der Waals surface area (Å²) in [6.07, 6.45) is 2.62. The maximum absolute atomic E-state index is 11.9. The highest BCUT2D eigenvalue weighted by Crippen LogP contribution is 2.24. The van der Waals surface area contributed by atoms with Crippen molar-refractivity contribution in [3.05, 3.63) is 36.6 Å². The molecule has 0 bridgehead atoms. The first-order chi connectivity index (χ1) is 11.1. The van der Waals surface area contributed by atoms with Gasteiger partial charge in [0.05, 0.1) is 0 Å². The first kappa shape index (κ1) is 14.8. The first-order valence-corrected chi connectivity index (χ1v) is 7.06. The lowest BCUT2D eigenvalue weighted by atomic mass is 10.2. The van der Waals surface area contributed by atoms with Crippen LogP contribution in [0.25, 0.3) is 0 Å². The first-order valence-electron chi connectivity index (χ1n) is 7.06. The lowest BCUT2D eigenvalue weighted by molar-refractivity contribution is -0.133. The molecule has 0 radical (unpaired) electrons. The highest BCUT2D eigenvalue weighted by Gasteiger charge is 2.22. The van der Waals surface area contributed by atoms with E-state index >= 15 is 0 Å². The van der Waals surface area contributed by atoms with Crippen molar-refractivity contribution in [2.75, 3.05) is 22.1 Å². The number of hydrogen-bond donors (Lipinski definition) is 2. The number of aromatic nitrogens is 1. The van der Waals surface area contributed by atoms with Gasteiger partial charge in [-0.2, -0.15) is 0 Å². The van der Waals surface area contributed by atoms with Crippen LogP contribution in [0.3, 0.4) is 0 Å². The average Bonchev–Trinajstić information content (AvgIpc) is 3.19. The van der Waals surface area contributed by atoms with E-state index in [0.717, 1.165) is 6.42 Å².